The monoisotopic (exact) mass is 269 g/mol. The quantitative estimate of drug-likeness (QED) is 0.536. The van der Waals surface area contributed by atoms with Gasteiger partial charge in [-0.2, -0.15) is 0 Å². The van der Waals surface area contributed by atoms with Gasteiger partial charge in [0.05, 0.1) is 16.6 Å². The Kier molecular flexibility index (Phi) is 2.76. The van der Waals surface area contributed by atoms with Gasteiger partial charge in [0.15, 0.2) is 11.5 Å². The highest BCUT2D eigenvalue weighted by Gasteiger charge is 2.15. The average molecular weight is 269 g/mol. The Morgan fingerprint density at radius 1 is 1.10 bits per heavy atom. The Hall–Kier alpha value is -3.02. The first-order valence-corrected chi connectivity index (χ1v) is 5.92. The Balaban J connectivity index is 1.90. The predicted molar refractivity (Wildman–Crippen MR) is 73.8 cm³/mol. The molecule has 0 saturated heterocycles. The van der Waals surface area contributed by atoms with Crippen LogP contribution in [0.2, 0.25) is 0 Å². The molecule has 20 heavy (non-hydrogen) atoms. The number of nitrogens with one attached hydrogen (secondary N) is 2. The maximum Gasteiger partial charge on any atom is 0.261 e. The molecule has 1 aromatic heterocycles. The van der Waals surface area contributed by atoms with Crippen molar-refractivity contribution in [3.63, 3.8) is 0 Å². The van der Waals surface area contributed by atoms with E-state index in [1.807, 2.05) is 24.3 Å². The van der Waals surface area contributed by atoms with Crippen LogP contribution in [0.5, 0.6) is 11.5 Å². The number of benzene rings is 2. The van der Waals surface area contributed by atoms with Crippen molar-refractivity contribution in [2.45, 2.75) is 0 Å². The van der Waals surface area contributed by atoms with Crippen LogP contribution in [0.4, 0.5) is 5.95 Å². The summed E-state index contributed by atoms with van der Waals surface area (Å²) < 4.78 is 0. The lowest BCUT2D eigenvalue weighted by molar-refractivity contribution is 0.102. The van der Waals surface area contributed by atoms with Gasteiger partial charge in [0.25, 0.3) is 5.91 Å². The first-order valence-electron chi connectivity index (χ1n) is 5.92. The molecule has 2 aromatic carbocycles. The highest BCUT2D eigenvalue weighted by molar-refractivity contribution is 6.06. The van der Waals surface area contributed by atoms with Crippen molar-refractivity contribution in [1.29, 1.82) is 0 Å². The van der Waals surface area contributed by atoms with E-state index in [1.54, 1.807) is 0 Å². The lowest BCUT2D eigenvalue weighted by Crippen LogP contribution is -2.13. The number of amides is 1. The summed E-state index contributed by atoms with van der Waals surface area (Å²) in [6, 6.07) is 11.5. The highest BCUT2D eigenvalue weighted by atomic mass is 16.3. The van der Waals surface area contributed by atoms with Crippen LogP contribution in [0.1, 0.15) is 10.4 Å². The number of nitrogens with zero attached hydrogens (tertiary/aromatic N) is 1. The summed E-state index contributed by atoms with van der Waals surface area (Å²) in [7, 11) is 0. The number of H-pyrrole nitrogens is 1. The zero-order chi connectivity index (χ0) is 14.1. The van der Waals surface area contributed by atoms with Gasteiger partial charge in [-0.15, -0.1) is 0 Å². The minimum absolute atomic E-state index is 0.0227. The molecule has 100 valence electrons. The van der Waals surface area contributed by atoms with Gasteiger partial charge in [-0.25, -0.2) is 4.98 Å². The SMILES string of the molecule is O=C(Nc1nc2ccccc2[nH]1)c1cccc(O)c1O. The zero-order valence-electron chi connectivity index (χ0n) is 10.3. The van der Waals surface area contributed by atoms with Crippen LogP contribution in [0.15, 0.2) is 42.5 Å². The molecule has 1 amide bonds. The summed E-state index contributed by atoms with van der Waals surface area (Å²) in [5, 5.41) is 21.6. The van der Waals surface area contributed by atoms with Gasteiger partial charge in [-0.3, -0.25) is 10.1 Å². The maximum atomic E-state index is 12.0. The fourth-order valence-electron chi connectivity index (χ4n) is 1.90. The fourth-order valence-corrected chi connectivity index (χ4v) is 1.90. The van der Waals surface area contributed by atoms with Crippen LogP contribution in [0, 0.1) is 0 Å². The predicted octanol–water partition coefficient (Wildman–Crippen LogP) is 2.23. The molecule has 6 heteroatoms. The molecule has 0 saturated carbocycles. The normalized spacial score (nSPS) is 10.6. The van der Waals surface area contributed by atoms with Crippen molar-refractivity contribution in [3.05, 3.63) is 48.0 Å². The van der Waals surface area contributed by atoms with Crippen LogP contribution in [-0.4, -0.2) is 26.1 Å². The van der Waals surface area contributed by atoms with E-state index in [0.717, 1.165) is 11.0 Å². The number of aromatic amines is 1. The summed E-state index contributed by atoms with van der Waals surface area (Å²) in [6.07, 6.45) is 0. The van der Waals surface area contributed by atoms with Gasteiger partial charge < -0.3 is 15.2 Å². The Labute approximate surface area is 113 Å². The van der Waals surface area contributed by atoms with Crippen molar-refractivity contribution < 1.29 is 15.0 Å². The van der Waals surface area contributed by atoms with Crippen molar-refractivity contribution in [2.24, 2.45) is 0 Å². The molecular weight excluding hydrogens is 258 g/mol. The van der Waals surface area contributed by atoms with Gasteiger partial charge in [-0.1, -0.05) is 18.2 Å². The molecule has 0 aliphatic rings. The average Bonchev–Trinajstić information content (AvgIpc) is 2.83. The van der Waals surface area contributed by atoms with Crippen LogP contribution < -0.4 is 5.32 Å². The molecule has 6 nitrogen and oxygen atoms in total. The van der Waals surface area contributed by atoms with E-state index in [-0.39, 0.29) is 17.3 Å². The van der Waals surface area contributed by atoms with Crippen LogP contribution >= 0.6 is 0 Å². The number of phenols is 2. The lowest BCUT2D eigenvalue weighted by atomic mass is 10.2. The number of aromatic nitrogens is 2. The number of hydrogen-bond donors (Lipinski definition) is 4. The molecule has 0 aliphatic heterocycles. The largest absolute Gasteiger partial charge is 0.504 e. The van der Waals surface area contributed by atoms with Crippen LogP contribution in [0.25, 0.3) is 11.0 Å². The third kappa shape index (κ3) is 2.03. The third-order valence-corrected chi connectivity index (χ3v) is 2.88. The third-order valence-electron chi connectivity index (χ3n) is 2.88. The highest BCUT2D eigenvalue weighted by Crippen LogP contribution is 2.28. The molecule has 4 N–H and O–H groups in total. The molecule has 0 aliphatic carbocycles. The molecule has 0 atom stereocenters. The molecule has 0 fully saturated rings. The molecule has 0 radical (unpaired) electrons. The molecular formula is C14H11N3O3. The van der Waals surface area contributed by atoms with Crippen LogP contribution in [-0.2, 0) is 0 Å². The van der Waals surface area contributed by atoms with Gasteiger partial charge in [0.2, 0.25) is 5.95 Å². The fraction of sp³-hybridized carbons (Fsp3) is 0. The standard InChI is InChI=1S/C14H11N3O3/c18-11-7-3-4-8(12(11)19)13(20)17-14-15-9-5-1-2-6-10(9)16-14/h1-7,18-19H,(H2,15,16,17,20). The molecule has 0 bridgehead atoms. The van der Waals surface area contributed by atoms with E-state index < -0.39 is 11.7 Å². The van der Waals surface area contributed by atoms with Gasteiger partial charge >= 0.3 is 0 Å². The molecule has 1 heterocycles. The summed E-state index contributed by atoms with van der Waals surface area (Å²) in [6.45, 7) is 0. The number of hydrogen-bond acceptors (Lipinski definition) is 4. The maximum absolute atomic E-state index is 12.0. The smallest absolute Gasteiger partial charge is 0.261 e. The van der Waals surface area contributed by atoms with E-state index in [2.05, 4.69) is 15.3 Å². The Morgan fingerprint density at radius 3 is 2.70 bits per heavy atom. The number of phenolic OH excluding ortho intramolecular Hbond substituents is 2. The minimum Gasteiger partial charge on any atom is -0.504 e. The van der Waals surface area contributed by atoms with E-state index >= 15 is 0 Å². The van der Waals surface area contributed by atoms with E-state index in [9.17, 15) is 15.0 Å². The number of carbonyl (C=O) groups excluding carboxylic acids is 1. The van der Waals surface area contributed by atoms with E-state index in [1.165, 1.54) is 18.2 Å². The second kappa shape index (κ2) is 4.58. The number of para-hydroxylation sites is 3. The van der Waals surface area contributed by atoms with Crippen LogP contribution in [0.3, 0.4) is 0 Å². The molecule has 3 rings (SSSR count). The van der Waals surface area contributed by atoms with E-state index in [4.69, 9.17) is 0 Å². The van der Waals surface area contributed by atoms with Crippen molar-refractivity contribution in [3.8, 4) is 11.5 Å². The molecule has 3 aromatic rings. The first kappa shape index (κ1) is 12.0. The van der Waals surface area contributed by atoms with Crippen molar-refractivity contribution in [2.75, 3.05) is 5.32 Å². The Morgan fingerprint density at radius 2 is 1.90 bits per heavy atom. The van der Waals surface area contributed by atoms with Crippen molar-refractivity contribution >= 4 is 22.9 Å². The lowest BCUT2D eigenvalue weighted by Gasteiger charge is -2.05. The van der Waals surface area contributed by atoms with Gasteiger partial charge in [0, 0.05) is 0 Å². The summed E-state index contributed by atoms with van der Waals surface area (Å²) in [5.41, 5.74) is 1.50. The molecule has 0 spiro atoms. The van der Waals surface area contributed by atoms with Gasteiger partial charge in [-0.05, 0) is 24.3 Å². The Bertz CT molecular complexity index is 762. The summed E-state index contributed by atoms with van der Waals surface area (Å²) >= 11 is 0. The number of imidazole rings is 1. The van der Waals surface area contributed by atoms with Crippen molar-refractivity contribution in [1.82, 2.24) is 9.97 Å². The number of aromatic hydroxyl groups is 2. The van der Waals surface area contributed by atoms with E-state index in [0.29, 0.717) is 0 Å². The zero-order valence-corrected chi connectivity index (χ0v) is 10.3. The summed E-state index contributed by atoms with van der Waals surface area (Å²) in [5.74, 6) is -1.08. The number of anilines is 1. The second-order valence-corrected chi connectivity index (χ2v) is 4.23. The molecule has 0 unspecified atom stereocenters. The second-order valence-electron chi connectivity index (χ2n) is 4.23. The number of carbonyl (C=O) groups is 1. The van der Waals surface area contributed by atoms with Gasteiger partial charge in [0.1, 0.15) is 0 Å². The minimum atomic E-state index is -0.558. The first-order chi connectivity index (χ1) is 9.65. The number of rotatable bonds is 2. The number of fused-ring (bicyclic) bond motifs is 1. The summed E-state index contributed by atoms with van der Waals surface area (Å²) in [4.78, 5) is 19.2. The topological polar surface area (TPSA) is 98.2 Å².